The summed E-state index contributed by atoms with van der Waals surface area (Å²) in [5, 5.41) is 8.27. The van der Waals surface area contributed by atoms with Crippen LogP contribution in [0.3, 0.4) is 0 Å². The molecule has 0 amide bonds. The Hall–Kier alpha value is -3.59. The van der Waals surface area contributed by atoms with E-state index in [2.05, 4.69) is 15.3 Å². The van der Waals surface area contributed by atoms with Crippen molar-refractivity contribution in [3.05, 3.63) is 63.9 Å². The van der Waals surface area contributed by atoms with Crippen LogP contribution < -0.4 is 15.2 Å². The van der Waals surface area contributed by atoms with Crippen molar-refractivity contribution in [3.63, 3.8) is 0 Å². The van der Waals surface area contributed by atoms with E-state index in [-0.39, 0.29) is 18.3 Å². The highest BCUT2D eigenvalue weighted by Crippen LogP contribution is 2.31. The third-order valence-corrected chi connectivity index (χ3v) is 4.53. The molecule has 148 valence electrons. The lowest BCUT2D eigenvalue weighted by atomic mass is 10.2. The number of methoxy groups -OCH3 is 2. The second kappa shape index (κ2) is 7.80. The second-order valence-electron chi connectivity index (χ2n) is 5.92. The molecule has 0 atom stereocenters. The van der Waals surface area contributed by atoms with Crippen molar-refractivity contribution in [3.8, 4) is 34.3 Å². The molecule has 9 nitrogen and oxygen atoms in total. The zero-order valence-corrected chi connectivity index (χ0v) is 16.2. The standard InChI is InChI=1S/C19H15ClN4O5/c1-26-14-8-7-11(9-15(14)27-2)17-23-29-19(25)24(17)10-16-21-18(28-22-16)12-5-3-4-6-13(12)20/h3-9H,10H2,1-2H3. The van der Waals surface area contributed by atoms with Gasteiger partial charge >= 0.3 is 5.76 Å². The summed E-state index contributed by atoms with van der Waals surface area (Å²) in [6.45, 7) is -0.0000357. The van der Waals surface area contributed by atoms with Gasteiger partial charge in [0.2, 0.25) is 0 Å². The maximum atomic E-state index is 12.2. The number of nitrogens with zero attached hydrogens (tertiary/aromatic N) is 4. The second-order valence-corrected chi connectivity index (χ2v) is 6.33. The molecule has 10 heteroatoms. The number of hydrogen-bond donors (Lipinski definition) is 0. The Balaban J connectivity index is 1.68. The van der Waals surface area contributed by atoms with Gasteiger partial charge in [-0.3, -0.25) is 4.52 Å². The summed E-state index contributed by atoms with van der Waals surface area (Å²) in [5.74, 6) is 1.21. The predicted molar refractivity (Wildman–Crippen MR) is 103 cm³/mol. The first-order chi connectivity index (χ1) is 14.1. The quantitative estimate of drug-likeness (QED) is 0.473. The average molecular weight is 415 g/mol. The smallest absolute Gasteiger partial charge is 0.442 e. The summed E-state index contributed by atoms with van der Waals surface area (Å²) in [6, 6.07) is 12.2. The van der Waals surface area contributed by atoms with E-state index in [1.165, 1.54) is 18.8 Å². The van der Waals surface area contributed by atoms with Gasteiger partial charge in [0.25, 0.3) is 5.89 Å². The number of halogens is 1. The fourth-order valence-corrected chi connectivity index (χ4v) is 3.01. The summed E-state index contributed by atoms with van der Waals surface area (Å²) in [4.78, 5) is 16.5. The summed E-state index contributed by atoms with van der Waals surface area (Å²) in [7, 11) is 3.06. The Kier molecular flexibility index (Phi) is 5.05. The van der Waals surface area contributed by atoms with Crippen molar-refractivity contribution in [2.24, 2.45) is 0 Å². The maximum Gasteiger partial charge on any atom is 0.442 e. The minimum Gasteiger partial charge on any atom is -0.493 e. The Labute approximate surface area is 169 Å². The third-order valence-electron chi connectivity index (χ3n) is 4.20. The van der Waals surface area contributed by atoms with E-state index in [1.807, 2.05) is 6.07 Å². The van der Waals surface area contributed by atoms with Gasteiger partial charge in [0, 0.05) is 5.56 Å². The monoisotopic (exact) mass is 414 g/mol. The van der Waals surface area contributed by atoms with Gasteiger partial charge in [0.1, 0.15) is 0 Å². The van der Waals surface area contributed by atoms with Gasteiger partial charge in [0.15, 0.2) is 23.1 Å². The number of benzene rings is 2. The molecule has 0 fully saturated rings. The third kappa shape index (κ3) is 3.59. The van der Waals surface area contributed by atoms with Crippen LogP contribution >= 0.6 is 11.6 Å². The van der Waals surface area contributed by atoms with Crippen molar-refractivity contribution in [1.29, 1.82) is 0 Å². The van der Waals surface area contributed by atoms with Crippen molar-refractivity contribution < 1.29 is 18.5 Å². The number of hydrogen-bond acceptors (Lipinski definition) is 8. The van der Waals surface area contributed by atoms with Gasteiger partial charge in [-0.1, -0.05) is 34.0 Å². The van der Waals surface area contributed by atoms with Crippen molar-refractivity contribution in [2.75, 3.05) is 14.2 Å². The Bertz CT molecular complexity index is 1210. The molecule has 0 unspecified atom stereocenters. The van der Waals surface area contributed by atoms with Crippen molar-refractivity contribution >= 4 is 11.6 Å². The average Bonchev–Trinajstić information content (AvgIpc) is 3.35. The number of rotatable bonds is 6. The molecular formula is C19H15ClN4O5. The van der Waals surface area contributed by atoms with Gasteiger partial charge in [0.05, 0.1) is 31.4 Å². The maximum absolute atomic E-state index is 12.2. The van der Waals surface area contributed by atoms with Crippen LogP contribution in [0.25, 0.3) is 22.8 Å². The van der Waals surface area contributed by atoms with E-state index in [0.29, 0.717) is 33.5 Å². The highest BCUT2D eigenvalue weighted by Gasteiger charge is 2.19. The lowest BCUT2D eigenvalue weighted by Gasteiger charge is -2.09. The summed E-state index contributed by atoms with van der Waals surface area (Å²) < 4.78 is 22.0. The van der Waals surface area contributed by atoms with E-state index in [9.17, 15) is 4.79 Å². The van der Waals surface area contributed by atoms with E-state index in [0.717, 1.165) is 0 Å². The van der Waals surface area contributed by atoms with Gasteiger partial charge in [-0.05, 0) is 30.3 Å². The molecule has 0 aliphatic heterocycles. The van der Waals surface area contributed by atoms with Gasteiger partial charge in [-0.15, -0.1) is 0 Å². The van der Waals surface area contributed by atoms with Crippen LogP contribution in [0, 0.1) is 0 Å². The Morgan fingerprint density at radius 2 is 1.83 bits per heavy atom. The highest BCUT2D eigenvalue weighted by molar-refractivity contribution is 6.33. The molecule has 0 saturated carbocycles. The summed E-state index contributed by atoms with van der Waals surface area (Å²) >= 11 is 6.16. The topological polar surface area (TPSA) is 105 Å². The first-order valence-electron chi connectivity index (χ1n) is 8.47. The molecule has 4 aromatic rings. The van der Waals surface area contributed by atoms with Crippen LogP contribution in [0.4, 0.5) is 0 Å². The van der Waals surface area contributed by atoms with Crippen molar-refractivity contribution in [2.45, 2.75) is 6.54 Å². The molecule has 2 aromatic carbocycles. The zero-order valence-electron chi connectivity index (χ0n) is 15.5. The van der Waals surface area contributed by atoms with Gasteiger partial charge in [-0.25, -0.2) is 9.36 Å². The molecule has 0 saturated heterocycles. The van der Waals surface area contributed by atoms with E-state index in [1.54, 1.807) is 36.4 Å². The molecule has 0 aliphatic carbocycles. The molecular weight excluding hydrogens is 400 g/mol. The van der Waals surface area contributed by atoms with Gasteiger partial charge < -0.3 is 14.0 Å². The van der Waals surface area contributed by atoms with E-state index in [4.69, 9.17) is 30.1 Å². The first kappa shape index (κ1) is 18.8. The normalized spacial score (nSPS) is 10.9. The fourth-order valence-electron chi connectivity index (χ4n) is 2.79. The van der Waals surface area contributed by atoms with Crippen LogP contribution in [0.15, 0.2) is 56.3 Å². The zero-order chi connectivity index (χ0) is 20.4. The molecule has 2 heterocycles. The molecule has 29 heavy (non-hydrogen) atoms. The van der Waals surface area contributed by atoms with Crippen LogP contribution in [0.1, 0.15) is 5.82 Å². The summed E-state index contributed by atoms with van der Waals surface area (Å²) in [5.41, 5.74) is 1.20. The largest absolute Gasteiger partial charge is 0.493 e. The summed E-state index contributed by atoms with van der Waals surface area (Å²) in [6.07, 6.45) is 0. The van der Waals surface area contributed by atoms with Crippen LogP contribution in [0.5, 0.6) is 11.5 Å². The molecule has 2 aromatic heterocycles. The first-order valence-corrected chi connectivity index (χ1v) is 8.85. The molecule has 0 bridgehead atoms. The molecule has 0 N–H and O–H groups in total. The number of aromatic nitrogens is 4. The van der Waals surface area contributed by atoms with Crippen LogP contribution in [-0.2, 0) is 6.54 Å². The minimum absolute atomic E-state index is 0.0000357. The van der Waals surface area contributed by atoms with Gasteiger partial charge in [-0.2, -0.15) is 4.98 Å². The highest BCUT2D eigenvalue weighted by atomic mass is 35.5. The number of ether oxygens (including phenoxy) is 2. The SMILES string of the molecule is COc1ccc(-c2noc(=O)n2Cc2noc(-c3ccccc3Cl)n2)cc1OC. The molecule has 0 radical (unpaired) electrons. The lowest BCUT2D eigenvalue weighted by Crippen LogP contribution is -2.17. The van der Waals surface area contributed by atoms with E-state index >= 15 is 0 Å². The van der Waals surface area contributed by atoms with Crippen LogP contribution in [-0.4, -0.2) is 34.1 Å². The lowest BCUT2D eigenvalue weighted by molar-refractivity contribution is 0.355. The Morgan fingerprint density at radius 1 is 1.03 bits per heavy atom. The predicted octanol–water partition coefficient (Wildman–Crippen LogP) is 3.27. The molecule has 0 spiro atoms. The van der Waals surface area contributed by atoms with E-state index < -0.39 is 5.76 Å². The fraction of sp³-hybridized carbons (Fsp3) is 0.158. The molecule has 4 rings (SSSR count). The molecule has 0 aliphatic rings. The van der Waals surface area contributed by atoms with Crippen molar-refractivity contribution in [1.82, 2.24) is 19.9 Å². The Morgan fingerprint density at radius 3 is 2.59 bits per heavy atom. The minimum atomic E-state index is -0.654. The van der Waals surface area contributed by atoms with Crippen LogP contribution in [0.2, 0.25) is 5.02 Å².